The highest BCUT2D eigenvalue weighted by molar-refractivity contribution is 7.15. The fourth-order valence-electron chi connectivity index (χ4n) is 1.55. The molecule has 0 saturated carbocycles. The summed E-state index contributed by atoms with van der Waals surface area (Å²) in [6.45, 7) is 4.31. The lowest BCUT2D eigenvalue weighted by Gasteiger charge is -2.04. The minimum Gasteiger partial charge on any atom is -0.478 e. The van der Waals surface area contributed by atoms with Gasteiger partial charge in [0.05, 0.1) is 25.6 Å². The molecule has 0 atom stereocenters. The molecule has 0 saturated heterocycles. The number of hydrogen-bond donors (Lipinski definition) is 1. The van der Waals surface area contributed by atoms with Crippen LogP contribution in [-0.2, 0) is 4.74 Å². The number of thiazole rings is 1. The van der Waals surface area contributed by atoms with Crippen molar-refractivity contribution in [2.24, 2.45) is 0 Å². The summed E-state index contributed by atoms with van der Waals surface area (Å²) in [6, 6.07) is 3.61. The number of carbonyl (C=O) groups excluding carboxylic acids is 1. The lowest BCUT2D eigenvalue weighted by molar-refractivity contribution is 0.0594. The summed E-state index contributed by atoms with van der Waals surface area (Å²) in [4.78, 5) is 20.6. The molecule has 6 nitrogen and oxygen atoms in total. The van der Waals surface area contributed by atoms with Crippen molar-refractivity contribution in [2.45, 2.75) is 13.8 Å². The Morgan fingerprint density at radius 2 is 2.25 bits per heavy atom. The van der Waals surface area contributed by atoms with E-state index in [0.717, 1.165) is 10.6 Å². The van der Waals surface area contributed by atoms with Crippen LogP contribution in [0, 0.1) is 6.92 Å². The van der Waals surface area contributed by atoms with Crippen LogP contribution in [0.25, 0.3) is 0 Å². The summed E-state index contributed by atoms with van der Waals surface area (Å²) in [5, 5.41) is 3.71. The van der Waals surface area contributed by atoms with E-state index >= 15 is 0 Å². The van der Waals surface area contributed by atoms with Crippen LogP contribution in [0.1, 0.15) is 22.3 Å². The van der Waals surface area contributed by atoms with Crippen molar-refractivity contribution in [1.29, 1.82) is 0 Å². The second-order valence-electron chi connectivity index (χ2n) is 3.86. The average molecular weight is 293 g/mol. The maximum atomic E-state index is 11.5. The van der Waals surface area contributed by atoms with Gasteiger partial charge in [-0.2, -0.15) is 0 Å². The first-order chi connectivity index (χ1) is 9.63. The van der Waals surface area contributed by atoms with Crippen molar-refractivity contribution in [2.75, 3.05) is 19.0 Å². The van der Waals surface area contributed by atoms with Crippen LogP contribution in [0.4, 0.5) is 10.8 Å². The third-order valence-electron chi connectivity index (χ3n) is 2.46. The highest BCUT2D eigenvalue weighted by atomic mass is 32.1. The van der Waals surface area contributed by atoms with Crippen LogP contribution >= 0.6 is 11.3 Å². The van der Waals surface area contributed by atoms with Crippen LogP contribution in [0.15, 0.2) is 18.3 Å². The molecule has 2 aromatic heterocycles. The van der Waals surface area contributed by atoms with E-state index in [2.05, 4.69) is 20.0 Å². The topological polar surface area (TPSA) is 73.3 Å². The van der Waals surface area contributed by atoms with Gasteiger partial charge in [-0.25, -0.2) is 14.8 Å². The first-order valence-electron chi connectivity index (χ1n) is 6.05. The van der Waals surface area contributed by atoms with Crippen LogP contribution in [0.3, 0.4) is 0 Å². The van der Waals surface area contributed by atoms with Crippen LogP contribution in [0.2, 0.25) is 0 Å². The second-order valence-corrected chi connectivity index (χ2v) is 5.06. The highest BCUT2D eigenvalue weighted by Crippen LogP contribution is 2.26. The minimum absolute atomic E-state index is 0.332. The number of rotatable bonds is 5. The van der Waals surface area contributed by atoms with E-state index in [1.54, 1.807) is 12.3 Å². The molecule has 2 rings (SSSR count). The lowest BCUT2D eigenvalue weighted by atomic mass is 10.4. The quantitative estimate of drug-likeness (QED) is 0.855. The highest BCUT2D eigenvalue weighted by Gasteiger charge is 2.15. The molecule has 0 radical (unpaired) electrons. The number of aryl methyl sites for hydroxylation is 1. The fraction of sp³-hybridized carbons (Fsp3) is 0.308. The predicted octanol–water partition coefficient (Wildman–Crippen LogP) is 2.78. The van der Waals surface area contributed by atoms with Gasteiger partial charge in [0.1, 0.15) is 0 Å². The van der Waals surface area contributed by atoms with E-state index in [1.807, 2.05) is 19.9 Å². The first-order valence-corrected chi connectivity index (χ1v) is 6.87. The van der Waals surface area contributed by atoms with Gasteiger partial charge in [-0.15, -0.1) is 11.3 Å². The second kappa shape index (κ2) is 6.33. The molecule has 20 heavy (non-hydrogen) atoms. The minimum atomic E-state index is -0.434. The van der Waals surface area contributed by atoms with Crippen molar-refractivity contribution in [3.63, 3.8) is 0 Å². The normalized spacial score (nSPS) is 10.2. The predicted molar refractivity (Wildman–Crippen MR) is 76.9 cm³/mol. The Bertz CT molecular complexity index is 595. The maximum absolute atomic E-state index is 11.5. The molecule has 0 amide bonds. The van der Waals surface area contributed by atoms with Gasteiger partial charge in [0.25, 0.3) is 0 Å². The average Bonchev–Trinajstić information content (AvgIpc) is 2.81. The number of anilines is 2. The molecule has 7 heteroatoms. The van der Waals surface area contributed by atoms with Crippen LogP contribution < -0.4 is 10.1 Å². The zero-order valence-electron chi connectivity index (χ0n) is 11.5. The number of nitrogens with one attached hydrogen (secondary N) is 1. The van der Waals surface area contributed by atoms with E-state index in [9.17, 15) is 4.79 Å². The summed E-state index contributed by atoms with van der Waals surface area (Å²) in [5.41, 5.74) is 1.11. The number of nitrogens with zero attached hydrogens (tertiary/aromatic N) is 2. The van der Waals surface area contributed by atoms with E-state index in [-0.39, 0.29) is 0 Å². The van der Waals surface area contributed by atoms with Crippen molar-refractivity contribution in [3.8, 4) is 5.88 Å². The fourth-order valence-corrected chi connectivity index (χ4v) is 2.37. The summed E-state index contributed by atoms with van der Waals surface area (Å²) >= 11 is 1.39. The number of ether oxygens (including phenoxy) is 2. The van der Waals surface area contributed by atoms with Crippen molar-refractivity contribution >= 4 is 28.1 Å². The standard InChI is InChI=1S/C13H15N3O3S/c1-4-19-10-6-5-9(7-14-10)15-13-16-11(8(2)20-13)12(17)18-3/h5-7H,4H2,1-3H3,(H,15,16). The molecule has 0 aromatic carbocycles. The molecular weight excluding hydrogens is 278 g/mol. The summed E-state index contributed by atoms with van der Waals surface area (Å²) in [7, 11) is 1.34. The molecule has 0 aliphatic rings. The number of pyridine rings is 1. The van der Waals surface area contributed by atoms with E-state index in [0.29, 0.717) is 23.3 Å². The Balaban J connectivity index is 2.11. The van der Waals surface area contributed by atoms with Gasteiger partial charge in [0.15, 0.2) is 10.8 Å². The van der Waals surface area contributed by atoms with E-state index in [4.69, 9.17) is 4.74 Å². The Kier molecular flexibility index (Phi) is 4.52. The maximum Gasteiger partial charge on any atom is 0.357 e. The van der Waals surface area contributed by atoms with Gasteiger partial charge in [-0.3, -0.25) is 0 Å². The molecule has 106 valence electrons. The van der Waals surface area contributed by atoms with Crippen molar-refractivity contribution in [3.05, 3.63) is 28.9 Å². The molecule has 1 N–H and O–H groups in total. The van der Waals surface area contributed by atoms with Crippen molar-refractivity contribution < 1.29 is 14.3 Å². The molecule has 2 aromatic rings. The van der Waals surface area contributed by atoms with Gasteiger partial charge in [0, 0.05) is 10.9 Å². The monoisotopic (exact) mass is 293 g/mol. The summed E-state index contributed by atoms with van der Waals surface area (Å²) in [6.07, 6.45) is 1.65. The third kappa shape index (κ3) is 3.24. The first kappa shape index (κ1) is 14.3. The molecule has 0 aliphatic carbocycles. The van der Waals surface area contributed by atoms with Crippen molar-refractivity contribution in [1.82, 2.24) is 9.97 Å². The van der Waals surface area contributed by atoms with Gasteiger partial charge >= 0.3 is 5.97 Å². The molecule has 0 aliphatic heterocycles. The van der Waals surface area contributed by atoms with Gasteiger partial charge in [0.2, 0.25) is 5.88 Å². The summed E-state index contributed by atoms with van der Waals surface area (Å²) < 4.78 is 9.94. The Labute approximate surface area is 120 Å². The van der Waals surface area contributed by atoms with Gasteiger partial charge in [-0.05, 0) is 19.9 Å². The number of aromatic nitrogens is 2. The molecule has 0 spiro atoms. The van der Waals surface area contributed by atoms with Crippen LogP contribution in [0.5, 0.6) is 5.88 Å². The molecule has 0 fully saturated rings. The summed E-state index contributed by atoms with van der Waals surface area (Å²) in [5.74, 6) is 0.139. The Morgan fingerprint density at radius 3 is 2.85 bits per heavy atom. The molecule has 0 unspecified atom stereocenters. The zero-order chi connectivity index (χ0) is 14.5. The largest absolute Gasteiger partial charge is 0.478 e. The van der Waals surface area contributed by atoms with E-state index < -0.39 is 5.97 Å². The SMILES string of the molecule is CCOc1ccc(Nc2nc(C(=O)OC)c(C)s2)cn1. The molecule has 2 heterocycles. The van der Waals surface area contributed by atoms with Gasteiger partial charge in [-0.1, -0.05) is 0 Å². The lowest BCUT2D eigenvalue weighted by Crippen LogP contribution is -2.03. The number of carbonyl (C=O) groups is 1. The zero-order valence-corrected chi connectivity index (χ0v) is 12.3. The smallest absolute Gasteiger partial charge is 0.357 e. The molecule has 0 bridgehead atoms. The Morgan fingerprint density at radius 1 is 1.45 bits per heavy atom. The number of methoxy groups -OCH3 is 1. The van der Waals surface area contributed by atoms with Crippen LogP contribution in [-0.4, -0.2) is 29.7 Å². The Hall–Kier alpha value is -2.15. The van der Waals surface area contributed by atoms with E-state index in [1.165, 1.54) is 18.4 Å². The number of esters is 1. The number of hydrogen-bond acceptors (Lipinski definition) is 7. The van der Waals surface area contributed by atoms with Gasteiger partial charge < -0.3 is 14.8 Å². The molecular formula is C13H15N3O3S. The third-order valence-corrected chi connectivity index (χ3v) is 3.34.